The molecule has 2 unspecified atom stereocenters. The zero-order valence-electron chi connectivity index (χ0n) is 27.3. The summed E-state index contributed by atoms with van der Waals surface area (Å²) in [5, 5.41) is 11.7. The van der Waals surface area contributed by atoms with Gasteiger partial charge in [0.1, 0.15) is 30.0 Å². The Kier molecular flexibility index (Phi) is 13.1. The number of hydrogen-bond acceptors (Lipinski definition) is 8. The predicted molar refractivity (Wildman–Crippen MR) is 182 cm³/mol. The molecule has 6 atom stereocenters. The zero-order valence-corrected chi connectivity index (χ0v) is 27.3. The highest BCUT2D eigenvalue weighted by Crippen LogP contribution is 2.42. The van der Waals surface area contributed by atoms with Crippen LogP contribution >= 0.6 is 0 Å². The number of hydrogen-bond donors (Lipinski definition) is 1. The summed E-state index contributed by atoms with van der Waals surface area (Å²) in [6.45, 7) is 5.00. The van der Waals surface area contributed by atoms with Crippen LogP contribution in [0.3, 0.4) is 0 Å². The molecule has 4 aromatic carbocycles. The third kappa shape index (κ3) is 9.05. The van der Waals surface area contributed by atoms with E-state index in [2.05, 4.69) is 6.58 Å². The highest BCUT2D eigenvalue weighted by molar-refractivity contribution is 5.76. The third-order valence-electron chi connectivity index (χ3n) is 8.43. The molecule has 0 radical (unpaired) electrons. The summed E-state index contributed by atoms with van der Waals surface area (Å²) in [5.74, 6) is -0.862. The van der Waals surface area contributed by atoms with Crippen LogP contribution in [0.5, 0.6) is 0 Å². The van der Waals surface area contributed by atoms with Crippen molar-refractivity contribution >= 4 is 5.97 Å². The van der Waals surface area contributed by atoms with E-state index in [9.17, 15) is 9.90 Å². The summed E-state index contributed by atoms with van der Waals surface area (Å²) in [6.07, 6.45) is -3.42. The molecule has 0 aromatic heterocycles. The molecule has 0 saturated carbocycles. The second-order valence-electron chi connectivity index (χ2n) is 11.8. The lowest BCUT2D eigenvalue weighted by molar-refractivity contribution is -0.324. The zero-order chi connectivity index (χ0) is 33.6. The van der Waals surface area contributed by atoms with Crippen LogP contribution in [0.4, 0.5) is 0 Å². The summed E-state index contributed by atoms with van der Waals surface area (Å²) in [7, 11) is 1.23. The summed E-state index contributed by atoms with van der Waals surface area (Å²) in [6, 6.07) is 39.1. The van der Waals surface area contributed by atoms with Crippen molar-refractivity contribution in [1.29, 1.82) is 0 Å². The molecule has 0 bridgehead atoms. The number of aliphatic hydroxyl groups excluding tert-OH is 1. The van der Waals surface area contributed by atoms with E-state index < -0.39 is 42.1 Å². The van der Waals surface area contributed by atoms with Crippen molar-refractivity contribution in [3.63, 3.8) is 0 Å². The lowest BCUT2D eigenvalue weighted by Crippen LogP contribution is -2.71. The van der Waals surface area contributed by atoms with Crippen molar-refractivity contribution in [2.75, 3.05) is 13.7 Å². The smallest absolute Gasteiger partial charge is 0.337 e. The normalized spacial score (nSPS) is 22.9. The first-order valence-electron chi connectivity index (χ1n) is 16.2. The Morgan fingerprint density at radius 2 is 1.17 bits per heavy atom. The monoisotopic (exact) mass is 652 g/mol. The van der Waals surface area contributed by atoms with Gasteiger partial charge in [-0.1, -0.05) is 127 Å². The van der Waals surface area contributed by atoms with Gasteiger partial charge < -0.3 is 33.5 Å². The Bertz CT molecular complexity index is 1520. The van der Waals surface area contributed by atoms with E-state index in [1.165, 1.54) is 7.11 Å². The van der Waals surface area contributed by atoms with Gasteiger partial charge in [-0.05, 0) is 28.7 Å². The van der Waals surface area contributed by atoms with E-state index in [1.807, 2.05) is 121 Å². The second-order valence-corrected chi connectivity index (χ2v) is 11.8. The van der Waals surface area contributed by atoms with Gasteiger partial charge in [0.05, 0.1) is 40.1 Å². The van der Waals surface area contributed by atoms with Crippen LogP contribution in [0.15, 0.2) is 134 Å². The molecule has 0 aliphatic carbocycles. The standard InChI is InChI=1S/C40H44O8/c1-3-24-40(37(41)39(42)43-2)38(47-28-33-22-14-7-15-23-33)36(46-27-32-20-12-6-13-21-32)35(45-26-31-18-10-5-11-19-31)34(48-40)29-44-25-30-16-8-4-9-17-30/h3-23,34-38,41H,1,24-29H2,2H3/t34?,35-,36-,37-,38?,40+/m1/s1. The molecule has 1 aliphatic heterocycles. The molecule has 1 fully saturated rings. The van der Waals surface area contributed by atoms with Gasteiger partial charge >= 0.3 is 5.97 Å². The maximum Gasteiger partial charge on any atom is 0.337 e. The summed E-state index contributed by atoms with van der Waals surface area (Å²) in [4.78, 5) is 13.1. The number of carbonyl (C=O) groups excluding carboxylic acids is 1. The number of aliphatic hydroxyl groups is 1. The number of benzene rings is 4. The van der Waals surface area contributed by atoms with Crippen LogP contribution in [-0.2, 0) is 59.6 Å². The first-order valence-corrected chi connectivity index (χ1v) is 16.2. The van der Waals surface area contributed by atoms with Crippen molar-refractivity contribution in [3.8, 4) is 0 Å². The summed E-state index contributed by atoms with van der Waals surface area (Å²) in [5.41, 5.74) is 2.13. The van der Waals surface area contributed by atoms with Crippen LogP contribution < -0.4 is 0 Å². The Morgan fingerprint density at radius 3 is 1.62 bits per heavy atom. The van der Waals surface area contributed by atoms with E-state index in [0.717, 1.165) is 22.3 Å². The van der Waals surface area contributed by atoms with Gasteiger partial charge in [0.15, 0.2) is 6.10 Å². The molecular formula is C40H44O8. The number of carbonyl (C=O) groups is 1. The van der Waals surface area contributed by atoms with Crippen molar-refractivity contribution in [2.45, 2.75) is 69.0 Å². The van der Waals surface area contributed by atoms with Gasteiger partial charge in [0.2, 0.25) is 0 Å². The highest BCUT2D eigenvalue weighted by Gasteiger charge is 2.61. The van der Waals surface area contributed by atoms with Crippen LogP contribution in [0, 0.1) is 0 Å². The number of esters is 1. The number of methoxy groups -OCH3 is 1. The maximum atomic E-state index is 13.1. The Labute approximate surface area is 282 Å². The molecule has 5 rings (SSSR count). The molecule has 1 aliphatic rings. The SMILES string of the molecule is C=CC[C@@]1([C@H](O)C(=O)OC)OC(COCc2ccccc2)[C@@H](OCc2ccccc2)[C@@H](OCc2ccccc2)C1OCc1ccccc1. The Morgan fingerprint density at radius 1 is 0.729 bits per heavy atom. The predicted octanol–water partition coefficient (Wildman–Crippen LogP) is 6.21. The van der Waals surface area contributed by atoms with E-state index in [0.29, 0.717) is 6.61 Å². The molecule has 1 heterocycles. The van der Waals surface area contributed by atoms with E-state index in [1.54, 1.807) is 6.08 Å². The molecular weight excluding hydrogens is 608 g/mol. The van der Waals surface area contributed by atoms with E-state index in [-0.39, 0.29) is 32.8 Å². The number of rotatable bonds is 17. The van der Waals surface area contributed by atoms with Gasteiger partial charge in [0.25, 0.3) is 0 Å². The first kappa shape index (κ1) is 35.2. The molecule has 1 saturated heterocycles. The fourth-order valence-electron chi connectivity index (χ4n) is 6.02. The fourth-order valence-corrected chi connectivity index (χ4v) is 6.02. The average molecular weight is 653 g/mol. The van der Waals surface area contributed by atoms with Crippen molar-refractivity contribution in [3.05, 3.63) is 156 Å². The molecule has 8 heteroatoms. The Balaban J connectivity index is 1.56. The largest absolute Gasteiger partial charge is 0.467 e. The minimum atomic E-state index is -1.74. The van der Waals surface area contributed by atoms with Crippen LogP contribution in [0.2, 0.25) is 0 Å². The average Bonchev–Trinajstić information content (AvgIpc) is 3.14. The number of ether oxygens (including phenoxy) is 6. The van der Waals surface area contributed by atoms with Gasteiger partial charge in [-0.25, -0.2) is 4.79 Å². The molecule has 8 nitrogen and oxygen atoms in total. The van der Waals surface area contributed by atoms with Crippen LogP contribution in [0.1, 0.15) is 28.7 Å². The van der Waals surface area contributed by atoms with Crippen molar-refractivity contribution in [1.82, 2.24) is 0 Å². The summed E-state index contributed by atoms with van der Waals surface area (Å²) >= 11 is 0. The quantitative estimate of drug-likeness (QED) is 0.106. The third-order valence-corrected chi connectivity index (χ3v) is 8.43. The minimum absolute atomic E-state index is 0.0501. The second kappa shape index (κ2) is 17.8. The van der Waals surface area contributed by atoms with Gasteiger partial charge in [0, 0.05) is 0 Å². The Hall–Kier alpha value is -4.15. The molecule has 4 aromatic rings. The van der Waals surface area contributed by atoms with Crippen molar-refractivity contribution < 1.29 is 38.3 Å². The summed E-state index contributed by atoms with van der Waals surface area (Å²) < 4.78 is 38.2. The fraction of sp³-hybridized carbons (Fsp3) is 0.325. The minimum Gasteiger partial charge on any atom is -0.467 e. The maximum absolute atomic E-state index is 13.1. The lowest BCUT2D eigenvalue weighted by atomic mass is 9.78. The molecule has 252 valence electrons. The highest BCUT2D eigenvalue weighted by atomic mass is 16.6. The molecule has 1 N–H and O–H groups in total. The van der Waals surface area contributed by atoms with Crippen LogP contribution in [-0.4, -0.2) is 60.9 Å². The van der Waals surface area contributed by atoms with E-state index >= 15 is 0 Å². The molecule has 0 amide bonds. The van der Waals surface area contributed by atoms with Crippen LogP contribution in [0.25, 0.3) is 0 Å². The van der Waals surface area contributed by atoms with Gasteiger partial charge in [-0.2, -0.15) is 0 Å². The molecule has 48 heavy (non-hydrogen) atoms. The molecule has 0 spiro atoms. The van der Waals surface area contributed by atoms with Crippen molar-refractivity contribution in [2.24, 2.45) is 0 Å². The lowest BCUT2D eigenvalue weighted by Gasteiger charge is -2.53. The topological polar surface area (TPSA) is 92.7 Å². The van der Waals surface area contributed by atoms with E-state index in [4.69, 9.17) is 28.4 Å². The van der Waals surface area contributed by atoms with Gasteiger partial charge in [-0.15, -0.1) is 6.58 Å². The van der Waals surface area contributed by atoms with Gasteiger partial charge in [-0.3, -0.25) is 0 Å². The first-order chi connectivity index (χ1) is 23.5.